The molecular formula is C25H24O5. The van der Waals surface area contributed by atoms with E-state index in [9.17, 15) is 9.59 Å². The first kappa shape index (κ1) is 21.1. The number of ether oxygens (including phenoxy) is 3. The molecule has 3 aromatic rings. The van der Waals surface area contributed by atoms with Crippen LogP contribution in [0.25, 0.3) is 16.8 Å². The number of ketones is 1. The van der Waals surface area contributed by atoms with E-state index in [-0.39, 0.29) is 5.78 Å². The van der Waals surface area contributed by atoms with Gasteiger partial charge < -0.3 is 14.2 Å². The van der Waals surface area contributed by atoms with Crippen LogP contribution in [-0.2, 0) is 9.53 Å². The van der Waals surface area contributed by atoms with Gasteiger partial charge in [0.05, 0.1) is 13.7 Å². The van der Waals surface area contributed by atoms with Crippen LogP contribution in [-0.4, -0.2) is 31.6 Å². The summed E-state index contributed by atoms with van der Waals surface area (Å²) in [5.41, 5.74) is 1.32. The topological polar surface area (TPSA) is 61.8 Å². The zero-order valence-corrected chi connectivity index (χ0v) is 17.3. The van der Waals surface area contributed by atoms with Gasteiger partial charge in [0.1, 0.15) is 11.5 Å². The number of carbonyl (C=O) groups excluding carboxylic acids is 2. The predicted octanol–water partition coefficient (Wildman–Crippen LogP) is 5.07. The highest BCUT2D eigenvalue weighted by Gasteiger charge is 2.18. The van der Waals surface area contributed by atoms with Gasteiger partial charge in [-0.15, -0.1) is 0 Å². The van der Waals surface area contributed by atoms with E-state index in [0.29, 0.717) is 17.9 Å². The average molecular weight is 404 g/mol. The van der Waals surface area contributed by atoms with Crippen molar-refractivity contribution in [3.8, 4) is 11.5 Å². The number of methoxy groups -OCH3 is 1. The Bertz CT molecular complexity index is 1070. The van der Waals surface area contributed by atoms with Crippen LogP contribution in [0, 0.1) is 0 Å². The molecule has 0 saturated heterocycles. The normalized spacial score (nSPS) is 12.0. The Hall–Kier alpha value is -3.60. The van der Waals surface area contributed by atoms with Crippen molar-refractivity contribution in [2.24, 2.45) is 0 Å². The lowest BCUT2D eigenvalue weighted by atomic mass is 10.1. The molecule has 0 heterocycles. The van der Waals surface area contributed by atoms with Gasteiger partial charge in [-0.1, -0.05) is 18.2 Å². The van der Waals surface area contributed by atoms with Crippen molar-refractivity contribution in [3.05, 3.63) is 77.9 Å². The van der Waals surface area contributed by atoms with E-state index in [1.165, 1.54) is 6.08 Å². The third kappa shape index (κ3) is 5.26. The molecule has 0 aliphatic heterocycles. The molecule has 154 valence electrons. The Morgan fingerprint density at radius 2 is 1.60 bits per heavy atom. The minimum absolute atomic E-state index is 0.264. The first-order valence-electron chi connectivity index (χ1n) is 9.73. The first-order chi connectivity index (χ1) is 14.5. The molecule has 0 unspecified atom stereocenters. The highest BCUT2D eigenvalue weighted by molar-refractivity contribution is 6.01. The van der Waals surface area contributed by atoms with E-state index in [1.54, 1.807) is 44.4 Å². The molecule has 30 heavy (non-hydrogen) atoms. The van der Waals surface area contributed by atoms with Crippen LogP contribution in [0.1, 0.15) is 29.8 Å². The molecule has 0 fully saturated rings. The fourth-order valence-corrected chi connectivity index (χ4v) is 3.02. The molecule has 0 saturated carbocycles. The second kappa shape index (κ2) is 9.74. The van der Waals surface area contributed by atoms with Gasteiger partial charge in [-0.25, -0.2) is 4.79 Å². The Morgan fingerprint density at radius 1 is 0.933 bits per heavy atom. The molecule has 0 aromatic heterocycles. The molecule has 3 rings (SSSR count). The summed E-state index contributed by atoms with van der Waals surface area (Å²) in [6.45, 7) is 4.01. The molecule has 0 N–H and O–H groups in total. The zero-order valence-electron chi connectivity index (χ0n) is 17.3. The number of rotatable bonds is 8. The van der Waals surface area contributed by atoms with E-state index in [0.717, 1.165) is 22.1 Å². The lowest BCUT2D eigenvalue weighted by molar-refractivity contribution is -0.140. The summed E-state index contributed by atoms with van der Waals surface area (Å²) < 4.78 is 15.9. The van der Waals surface area contributed by atoms with Crippen LogP contribution in [0.4, 0.5) is 0 Å². The predicted molar refractivity (Wildman–Crippen MR) is 117 cm³/mol. The number of fused-ring (bicyclic) bond motifs is 1. The highest BCUT2D eigenvalue weighted by Crippen LogP contribution is 2.22. The fraction of sp³-hybridized carbons (Fsp3) is 0.200. The van der Waals surface area contributed by atoms with E-state index in [4.69, 9.17) is 14.2 Å². The van der Waals surface area contributed by atoms with Gasteiger partial charge in [-0.2, -0.15) is 0 Å². The van der Waals surface area contributed by atoms with Gasteiger partial charge in [-0.05, 0) is 78.7 Å². The fourth-order valence-electron chi connectivity index (χ4n) is 3.02. The van der Waals surface area contributed by atoms with Gasteiger partial charge in [0.15, 0.2) is 6.10 Å². The average Bonchev–Trinajstić information content (AvgIpc) is 2.77. The smallest absolute Gasteiger partial charge is 0.331 e. The summed E-state index contributed by atoms with van der Waals surface area (Å²) in [7, 11) is 1.63. The van der Waals surface area contributed by atoms with Gasteiger partial charge in [0.25, 0.3) is 0 Å². The van der Waals surface area contributed by atoms with E-state index >= 15 is 0 Å². The maximum Gasteiger partial charge on any atom is 0.331 e. The monoisotopic (exact) mass is 404 g/mol. The second-order valence-electron chi connectivity index (χ2n) is 6.71. The van der Waals surface area contributed by atoms with Crippen molar-refractivity contribution in [1.82, 2.24) is 0 Å². The molecule has 0 radical (unpaired) electrons. The van der Waals surface area contributed by atoms with Gasteiger partial charge >= 0.3 is 5.97 Å². The van der Waals surface area contributed by atoms with Gasteiger partial charge in [-0.3, -0.25) is 4.79 Å². The minimum atomic E-state index is -0.885. The van der Waals surface area contributed by atoms with Gasteiger partial charge in [0, 0.05) is 11.6 Å². The molecule has 0 spiro atoms. The Morgan fingerprint density at radius 3 is 2.30 bits per heavy atom. The van der Waals surface area contributed by atoms with Crippen LogP contribution in [0.3, 0.4) is 0 Å². The third-order valence-corrected chi connectivity index (χ3v) is 4.60. The van der Waals surface area contributed by atoms with Crippen molar-refractivity contribution in [3.63, 3.8) is 0 Å². The Kier molecular flexibility index (Phi) is 6.86. The van der Waals surface area contributed by atoms with Crippen molar-refractivity contribution in [1.29, 1.82) is 0 Å². The van der Waals surface area contributed by atoms with E-state index in [2.05, 4.69) is 0 Å². The lowest BCUT2D eigenvalue weighted by Gasteiger charge is -2.11. The highest BCUT2D eigenvalue weighted by atomic mass is 16.5. The number of hydrogen-bond donors (Lipinski definition) is 0. The Labute approximate surface area is 175 Å². The van der Waals surface area contributed by atoms with Crippen LogP contribution >= 0.6 is 0 Å². The Balaban J connectivity index is 1.61. The van der Waals surface area contributed by atoms with E-state index in [1.807, 2.05) is 43.3 Å². The molecule has 3 aromatic carbocycles. The number of Topliss-reactive ketones (excluding diaryl/α,β-unsaturated/α-hetero) is 1. The molecule has 0 aliphatic rings. The molecular weight excluding hydrogens is 380 g/mol. The number of hydrogen-bond acceptors (Lipinski definition) is 5. The minimum Gasteiger partial charge on any atom is -0.497 e. The lowest BCUT2D eigenvalue weighted by Crippen LogP contribution is -2.23. The molecule has 0 amide bonds. The van der Waals surface area contributed by atoms with Crippen molar-refractivity contribution < 1.29 is 23.8 Å². The summed E-state index contributed by atoms with van der Waals surface area (Å²) in [4.78, 5) is 24.6. The summed E-state index contributed by atoms with van der Waals surface area (Å²) in [6, 6.07) is 18.4. The SMILES string of the molecule is CCOc1ccc(C(=O)[C@@H](C)OC(=O)/C=C/c2ccc3cc(OC)ccc3c2)cc1. The molecule has 1 atom stereocenters. The summed E-state index contributed by atoms with van der Waals surface area (Å²) in [5, 5.41) is 2.08. The number of esters is 1. The zero-order chi connectivity index (χ0) is 21.5. The maximum absolute atomic E-state index is 12.5. The van der Waals surface area contributed by atoms with Crippen LogP contribution in [0.15, 0.2) is 66.7 Å². The van der Waals surface area contributed by atoms with Crippen LogP contribution in [0.2, 0.25) is 0 Å². The summed E-state index contributed by atoms with van der Waals surface area (Å²) >= 11 is 0. The maximum atomic E-state index is 12.5. The van der Waals surface area contributed by atoms with Crippen LogP contribution in [0.5, 0.6) is 11.5 Å². The largest absolute Gasteiger partial charge is 0.497 e. The van der Waals surface area contributed by atoms with Crippen molar-refractivity contribution in [2.45, 2.75) is 20.0 Å². The second-order valence-corrected chi connectivity index (χ2v) is 6.71. The van der Waals surface area contributed by atoms with Crippen molar-refractivity contribution in [2.75, 3.05) is 13.7 Å². The number of carbonyl (C=O) groups is 2. The number of benzene rings is 3. The van der Waals surface area contributed by atoms with Crippen LogP contribution < -0.4 is 9.47 Å². The van der Waals surface area contributed by atoms with E-state index < -0.39 is 12.1 Å². The summed E-state index contributed by atoms with van der Waals surface area (Å²) in [6.07, 6.45) is 2.11. The molecule has 0 bridgehead atoms. The third-order valence-electron chi connectivity index (χ3n) is 4.60. The molecule has 5 nitrogen and oxygen atoms in total. The first-order valence-corrected chi connectivity index (χ1v) is 9.73. The van der Waals surface area contributed by atoms with Crippen molar-refractivity contribution >= 4 is 28.6 Å². The van der Waals surface area contributed by atoms with Gasteiger partial charge in [0.2, 0.25) is 5.78 Å². The molecule has 5 heteroatoms. The molecule has 0 aliphatic carbocycles. The standard InChI is InChI=1S/C25H24O5/c1-4-29-22-11-8-19(9-12-22)25(27)17(2)30-24(26)14-6-18-5-7-21-16-23(28-3)13-10-20(21)15-18/h5-17H,4H2,1-3H3/b14-6+/t17-/m1/s1. The summed E-state index contributed by atoms with van der Waals surface area (Å²) in [5.74, 6) is 0.645. The quantitative estimate of drug-likeness (QED) is 0.298.